The highest BCUT2D eigenvalue weighted by atomic mass is 16.5. The minimum absolute atomic E-state index is 0.0201. The smallest absolute Gasteiger partial charge is 0.244 e. The van der Waals surface area contributed by atoms with Gasteiger partial charge in [-0.3, -0.25) is 4.79 Å². The molecule has 0 aliphatic carbocycles. The van der Waals surface area contributed by atoms with E-state index in [-0.39, 0.29) is 5.75 Å². The van der Waals surface area contributed by atoms with E-state index in [2.05, 4.69) is 5.32 Å². The molecule has 5 heteroatoms. The number of aromatic hydroxyl groups is 1. The van der Waals surface area contributed by atoms with Gasteiger partial charge < -0.3 is 20.9 Å². The van der Waals surface area contributed by atoms with E-state index in [0.29, 0.717) is 17.0 Å². The second kappa shape index (κ2) is 5.97. The molecular weight excluding hydrogens is 256 g/mol. The number of ether oxygens (including phenoxy) is 1. The zero-order valence-corrected chi connectivity index (χ0v) is 11.0. The summed E-state index contributed by atoms with van der Waals surface area (Å²) in [5.74, 6) is 0.108. The van der Waals surface area contributed by atoms with E-state index in [1.165, 1.54) is 6.07 Å². The summed E-state index contributed by atoms with van der Waals surface area (Å²) in [6, 6.07) is 12.9. The molecule has 0 saturated carbocycles. The molecule has 1 amide bonds. The number of carbonyl (C=O) groups is 1. The minimum Gasteiger partial charge on any atom is -0.508 e. The zero-order chi connectivity index (χ0) is 14.5. The van der Waals surface area contributed by atoms with Crippen LogP contribution >= 0.6 is 0 Å². The summed E-state index contributed by atoms with van der Waals surface area (Å²) in [5, 5.41) is 12.8. The molecule has 5 nitrogen and oxygen atoms in total. The Kier molecular flexibility index (Phi) is 4.10. The number of carbonyl (C=O) groups excluding carboxylic acids is 1. The van der Waals surface area contributed by atoms with Crippen molar-refractivity contribution in [2.24, 2.45) is 5.73 Å². The topological polar surface area (TPSA) is 84.6 Å². The van der Waals surface area contributed by atoms with E-state index >= 15 is 0 Å². The van der Waals surface area contributed by atoms with E-state index in [9.17, 15) is 9.90 Å². The molecule has 1 atom stereocenters. The highest BCUT2D eigenvalue weighted by molar-refractivity contribution is 5.85. The Morgan fingerprint density at radius 3 is 2.65 bits per heavy atom. The number of phenols is 1. The average Bonchev–Trinajstić information content (AvgIpc) is 2.45. The maximum atomic E-state index is 11.6. The minimum atomic E-state index is -0.816. The van der Waals surface area contributed by atoms with Crippen LogP contribution in [0.1, 0.15) is 11.6 Å². The highest BCUT2D eigenvalue weighted by Crippen LogP contribution is 2.28. The van der Waals surface area contributed by atoms with Gasteiger partial charge in [0.15, 0.2) is 0 Å². The van der Waals surface area contributed by atoms with Gasteiger partial charge in [-0.2, -0.15) is 0 Å². The van der Waals surface area contributed by atoms with Crippen molar-refractivity contribution in [2.75, 3.05) is 12.4 Å². The number of hydrogen-bond acceptors (Lipinski definition) is 4. The van der Waals surface area contributed by atoms with Crippen molar-refractivity contribution in [1.82, 2.24) is 0 Å². The number of nitrogens with two attached hydrogens (primary N) is 1. The lowest BCUT2D eigenvalue weighted by Gasteiger charge is -2.18. The summed E-state index contributed by atoms with van der Waals surface area (Å²) in [7, 11) is 1.56. The molecule has 0 heterocycles. The molecule has 0 bridgehead atoms. The van der Waals surface area contributed by atoms with E-state index < -0.39 is 11.9 Å². The number of nitrogens with one attached hydrogen (secondary N) is 1. The van der Waals surface area contributed by atoms with Crippen LogP contribution in [0, 0.1) is 0 Å². The Morgan fingerprint density at radius 1 is 1.25 bits per heavy atom. The van der Waals surface area contributed by atoms with Gasteiger partial charge in [0.05, 0.1) is 7.11 Å². The summed E-state index contributed by atoms with van der Waals surface area (Å²) in [4.78, 5) is 11.6. The van der Waals surface area contributed by atoms with Gasteiger partial charge >= 0.3 is 0 Å². The maximum absolute atomic E-state index is 11.6. The lowest BCUT2D eigenvalue weighted by Crippen LogP contribution is -2.27. The SMILES string of the molecule is COc1cccc(NC(C(N)=O)c2ccccc2O)c1. The molecule has 2 aromatic carbocycles. The molecule has 0 saturated heterocycles. The van der Waals surface area contributed by atoms with Crippen LogP contribution in [-0.4, -0.2) is 18.1 Å². The largest absolute Gasteiger partial charge is 0.508 e. The number of phenolic OH excluding ortho intramolecular Hbond substituents is 1. The molecular formula is C15H16N2O3. The molecule has 2 aromatic rings. The molecule has 0 aromatic heterocycles. The number of benzene rings is 2. The number of amides is 1. The fraction of sp³-hybridized carbons (Fsp3) is 0.133. The lowest BCUT2D eigenvalue weighted by molar-refractivity contribution is -0.118. The fourth-order valence-electron chi connectivity index (χ4n) is 1.91. The predicted molar refractivity (Wildman–Crippen MR) is 76.7 cm³/mol. The first-order valence-corrected chi connectivity index (χ1v) is 6.09. The van der Waals surface area contributed by atoms with Crippen molar-refractivity contribution in [2.45, 2.75) is 6.04 Å². The van der Waals surface area contributed by atoms with E-state index in [0.717, 1.165) is 0 Å². The summed E-state index contributed by atoms with van der Waals surface area (Å²) >= 11 is 0. The monoisotopic (exact) mass is 272 g/mol. The van der Waals surface area contributed by atoms with Crippen LogP contribution in [0.2, 0.25) is 0 Å². The normalized spacial score (nSPS) is 11.7. The summed E-state index contributed by atoms with van der Waals surface area (Å²) in [5.41, 5.74) is 6.52. The predicted octanol–water partition coefficient (Wildman–Crippen LogP) is 2.04. The lowest BCUT2D eigenvalue weighted by atomic mass is 10.0. The van der Waals surface area contributed by atoms with Gasteiger partial charge in [0.2, 0.25) is 5.91 Å². The number of rotatable bonds is 5. The molecule has 0 radical (unpaired) electrons. The first-order chi connectivity index (χ1) is 9.61. The third kappa shape index (κ3) is 3.00. The Bertz CT molecular complexity index is 614. The Labute approximate surface area is 117 Å². The van der Waals surface area contributed by atoms with E-state index in [4.69, 9.17) is 10.5 Å². The Morgan fingerprint density at radius 2 is 2.00 bits per heavy atom. The molecule has 0 spiro atoms. The Hall–Kier alpha value is -2.69. The molecule has 104 valence electrons. The van der Waals surface area contributed by atoms with Crippen molar-refractivity contribution < 1.29 is 14.6 Å². The number of anilines is 1. The summed E-state index contributed by atoms with van der Waals surface area (Å²) in [6.45, 7) is 0. The second-order valence-electron chi connectivity index (χ2n) is 4.27. The first kappa shape index (κ1) is 13.7. The number of primary amides is 1. The van der Waals surface area contributed by atoms with Gasteiger partial charge in [0.1, 0.15) is 17.5 Å². The second-order valence-corrected chi connectivity index (χ2v) is 4.27. The van der Waals surface area contributed by atoms with Crippen LogP contribution in [0.4, 0.5) is 5.69 Å². The highest BCUT2D eigenvalue weighted by Gasteiger charge is 2.20. The Balaban J connectivity index is 2.31. The molecule has 0 aliphatic rings. The number of methoxy groups -OCH3 is 1. The molecule has 0 fully saturated rings. The van der Waals surface area contributed by atoms with Crippen LogP contribution in [0.15, 0.2) is 48.5 Å². The summed E-state index contributed by atoms with van der Waals surface area (Å²) < 4.78 is 5.12. The van der Waals surface area contributed by atoms with Crippen LogP contribution in [0.25, 0.3) is 0 Å². The van der Waals surface area contributed by atoms with Crippen LogP contribution in [-0.2, 0) is 4.79 Å². The van der Waals surface area contributed by atoms with Crippen molar-refractivity contribution in [3.63, 3.8) is 0 Å². The van der Waals surface area contributed by atoms with Crippen molar-refractivity contribution >= 4 is 11.6 Å². The van der Waals surface area contributed by atoms with Gasteiger partial charge in [-0.25, -0.2) is 0 Å². The molecule has 1 unspecified atom stereocenters. The van der Waals surface area contributed by atoms with Crippen molar-refractivity contribution in [3.05, 3.63) is 54.1 Å². The molecule has 2 rings (SSSR count). The van der Waals surface area contributed by atoms with Crippen LogP contribution in [0.5, 0.6) is 11.5 Å². The van der Waals surface area contributed by atoms with Crippen molar-refractivity contribution in [3.8, 4) is 11.5 Å². The van der Waals surface area contributed by atoms with Crippen LogP contribution < -0.4 is 15.8 Å². The van der Waals surface area contributed by atoms with E-state index in [1.807, 2.05) is 0 Å². The number of para-hydroxylation sites is 1. The van der Waals surface area contributed by atoms with Crippen molar-refractivity contribution in [1.29, 1.82) is 0 Å². The third-order valence-electron chi connectivity index (χ3n) is 2.91. The molecule has 20 heavy (non-hydrogen) atoms. The van der Waals surface area contributed by atoms with Gasteiger partial charge in [-0.05, 0) is 18.2 Å². The average molecular weight is 272 g/mol. The van der Waals surface area contributed by atoms with Crippen LogP contribution in [0.3, 0.4) is 0 Å². The van der Waals surface area contributed by atoms with Gasteiger partial charge in [-0.1, -0.05) is 24.3 Å². The maximum Gasteiger partial charge on any atom is 0.244 e. The third-order valence-corrected chi connectivity index (χ3v) is 2.91. The molecule has 0 aliphatic heterocycles. The van der Waals surface area contributed by atoms with E-state index in [1.54, 1.807) is 49.6 Å². The zero-order valence-electron chi connectivity index (χ0n) is 11.0. The van der Waals surface area contributed by atoms with Gasteiger partial charge in [-0.15, -0.1) is 0 Å². The first-order valence-electron chi connectivity index (χ1n) is 6.09. The summed E-state index contributed by atoms with van der Waals surface area (Å²) in [6.07, 6.45) is 0. The molecule has 4 N–H and O–H groups in total. The number of hydrogen-bond donors (Lipinski definition) is 3. The van der Waals surface area contributed by atoms with Gasteiger partial charge in [0.25, 0.3) is 0 Å². The van der Waals surface area contributed by atoms with Gasteiger partial charge in [0, 0.05) is 17.3 Å². The quantitative estimate of drug-likeness (QED) is 0.777. The standard InChI is InChI=1S/C15H16N2O3/c1-20-11-6-4-5-10(9-11)17-14(15(16)19)12-7-2-3-8-13(12)18/h2-9,14,17-18H,1H3,(H2,16,19). The fourth-order valence-corrected chi connectivity index (χ4v) is 1.91.